The third kappa shape index (κ3) is 2.96. The van der Waals surface area contributed by atoms with E-state index in [9.17, 15) is 4.79 Å². The SMILES string of the molecule is CCN(CC)C(=O)Nc1nc2ccc(OC)cc2s1. The zero-order valence-corrected chi connectivity index (χ0v) is 12.1. The molecule has 5 nitrogen and oxygen atoms in total. The maximum atomic E-state index is 11.9. The number of methoxy groups -OCH3 is 1. The summed E-state index contributed by atoms with van der Waals surface area (Å²) in [4.78, 5) is 18.0. The average Bonchev–Trinajstić information content (AvgIpc) is 2.80. The van der Waals surface area contributed by atoms with Crippen LogP contribution in [0, 0.1) is 0 Å². The van der Waals surface area contributed by atoms with Crippen LogP contribution in [-0.2, 0) is 0 Å². The highest BCUT2D eigenvalue weighted by Gasteiger charge is 2.12. The lowest BCUT2D eigenvalue weighted by Crippen LogP contribution is -2.34. The summed E-state index contributed by atoms with van der Waals surface area (Å²) >= 11 is 1.44. The van der Waals surface area contributed by atoms with E-state index in [0.29, 0.717) is 18.2 Å². The Morgan fingerprint density at radius 1 is 1.42 bits per heavy atom. The lowest BCUT2D eigenvalue weighted by atomic mass is 10.3. The summed E-state index contributed by atoms with van der Waals surface area (Å²) < 4.78 is 6.16. The fraction of sp³-hybridized carbons (Fsp3) is 0.385. The third-order valence-corrected chi connectivity index (χ3v) is 3.79. The second-order valence-electron chi connectivity index (χ2n) is 3.96. The van der Waals surface area contributed by atoms with Gasteiger partial charge in [-0.05, 0) is 32.0 Å². The summed E-state index contributed by atoms with van der Waals surface area (Å²) in [5, 5.41) is 3.44. The first kappa shape index (κ1) is 13.6. The summed E-state index contributed by atoms with van der Waals surface area (Å²) in [7, 11) is 1.63. The molecule has 0 aliphatic carbocycles. The van der Waals surface area contributed by atoms with E-state index in [0.717, 1.165) is 16.0 Å². The van der Waals surface area contributed by atoms with Gasteiger partial charge in [-0.25, -0.2) is 9.78 Å². The topological polar surface area (TPSA) is 54.5 Å². The molecule has 1 N–H and O–H groups in total. The fourth-order valence-corrected chi connectivity index (χ4v) is 2.65. The van der Waals surface area contributed by atoms with E-state index >= 15 is 0 Å². The summed E-state index contributed by atoms with van der Waals surface area (Å²) in [6, 6.07) is 5.55. The predicted octanol–water partition coefficient (Wildman–Crippen LogP) is 3.18. The van der Waals surface area contributed by atoms with Gasteiger partial charge in [-0.15, -0.1) is 0 Å². The Morgan fingerprint density at radius 2 is 2.16 bits per heavy atom. The van der Waals surface area contributed by atoms with Crippen molar-refractivity contribution in [3.63, 3.8) is 0 Å². The molecule has 0 bridgehead atoms. The van der Waals surface area contributed by atoms with Gasteiger partial charge in [0.25, 0.3) is 0 Å². The first-order valence-corrected chi connectivity index (χ1v) is 7.00. The molecule has 0 spiro atoms. The number of hydrogen-bond acceptors (Lipinski definition) is 4. The zero-order chi connectivity index (χ0) is 13.8. The number of anilines is 1. The molecule has 1 aromatic carbocycles. The van der Waals surface area contributed by atoms with Gasteiger partial charge < -0.3 is 9.64 Å². The minimum Gasteiger partial charge on any atom is -0.497 e. The van der Waals surface area contributed by atoms with Crippen LogP contribution in [-0.4, -0.2) is 36.1 Å². The number of fused-ring (bicyclic) bond motifs is 1. The molecule has 102 valence electrons. The van der Waals surface area contributed by atoms with Gasteiger partial charge in [0.2, 0.25) is 0 Å². The zero-order valence-electron chi connectivity index (χ0n) is 11.3. The van der Waals surface area contributed by atoms with E-state index in [1.165, 1.54) is 11.3 Å². The van der Waals surface area contributed by atoms with Crippen molar-refractivity contribution in [2.45, 2.75) is 13.8 Å². The van der Waals surface area contributed by atoms with Crippen LogP contribution >= 0.6 is 11.3 Å². The normalized spacial score (nSPS) is 10.5. The summed E-state index contributed by atoms with van der Waals surface area (Å²) in [5.74, 6) is 0.790. The largest absolute Gasteiger partial charge is 0.497 e. The molecule has 0 saturated heterocycles. The fourth-order valence-electron chi connectivity index (χ4n) is 1.77. The maximum absolute atomic E-state index is 11.9. The third-order valence-electron chi connectivity index (χ3n) is 2.86. The van der Waals surface area contributed by atoms with E-state index in [-0.39, 0.29) is 6.03 Å². The summed E-state index contributed by atoms with van der Waals surface area (Å²) in [6.07, 6.45) is 0. The molecule has 1 aromatic heterocycles. The molecule has 1 heterocycles. The molecule has 0 fully saturated rings. The van der Waals surface area contributed by atoms with E-state index in [1.807, 2.05) is 32.0 Å². The van der Waals surface area contributed by atoms with Crippen molar-refractivity contribution in [1.29, 1.82) is 0 Å². The molecule has 0 saturated carbocycles. The first-order chi connectivity index (χ1) is 9.17. The van der Waals surface area contributed by atoms with Crippen molar-refractivity contribution in [3.8, 4) is 5.75 Å². The Balaban J connectivity index is 2.19. The molecule has 0 unspecified atom stereocenters. The van der Waals surface area contributed by atoms with E-state index in [2.05, 4.69) is 10.3 Å². The van der Waals surface area contributed by atoms with Crippen molar-refractivity contribution >= 4 is 32.7 Å². The Morgan fingerprint density at radius 3 is 2.79 bits per heavy atom. The van der Waals surface area contributed by atoms with Gasteiger partial charge in [0.05, 0.1) is 17.3 Å². The van der Waals surface area contributed by atoms with Crippen molar-refractivity contribution in [3.05, 3.63) is 18.2 Å². The molecule has 2 rings (SSSR count). The number of benzene rings is 1. The molecule has 0 aliphatic heterocycles. The number of rotatable bonds is 4. The van der Waals surface area contributed by atoms with Gasteiger partial charge in [0.15, 0.2) is 5.13 Å². The predicted molar refractivity (Wildman–Crippen MR) is 78.1 cm³/mol. The number of nitrogens with one attached hydrogen (secondary N) is 1. The Labute approximate surface area is 116 Å². The number of carbonyl (C=O) groups excluding carboxylic acids is 1. The molecular formula is C13H17N3O2S. The van der Waals surface area contributed by atoms with Gasteiger partial charge in [-0.3, -0.25) is 5.32 Å². The van der Waals surface area contributed by atoms with Crippen LogP contribution in [0.2, 0.25) is 0 Å². The smallest absolute Gasteiger partial charge is 0.323 e. The molecule has 2 amide bonds. The standard InChI is InChI=1S/C13H17N3O2S/c1-4-16(5-2)13(17)15-12-14-10-7-6-9(18-3)8-11(10)19-12/h6-8H,4-5H2,1-3H3,(H,14,15,17). The Kier molecular flexibility index (Phi) is 4.21. The molecule has 19 heavy (non-hydrogen) atoms. The van der Waals surface area contributed by atoms with Crippen LogP contribution in [0.5, 0.6) is 5.75 Å². The molecule has 6 heteroatoms. The summed E-state index contributed by atoms with van der Waals surface area (Å²) in [6.45, 7) is 5.26. The number of urea groups is 1. The Bertz CT molecular complexity index is 578. The number of nitrogens with zero attached hydrogens (tertiary/aromatic N) is 2. The maximum Gasteiger partial charge on any atom is 0.323 e. The number of thiazole rings is 1. The number of aromatic nitrogens is 1. The second kappa shape index (κ2) is 5.88. The van der Waals surface area contributed by atoms with Crippen molar-refractivity contribution in [2.24, 2.45) is 0 Å². The van der Waals surface area contributed by atoms with Gasteiger partial charge in [0.1, 0.15) is 5.75 Å². The van der Waals surface area contributed by atoms with Crippen LogP contribution in [0.3, 0.4) is 0 Å². The van der Waals surface area contributed by atoms with E-state index in [1.54, 1.807) is 12.0 Å². The highest BCUT2D eigenvalue weighted by molar-refractivity contribution is 7.22. The van der Waals surface area contributed by atoms with Crippen LogP contribution in [0.25, 0.3) is 10.2 Å². The van der Waals surface area contributed by atoms with Gasteiger partial charge in [-0.1, -0.05) is 11.3 Å². The van der Waals surface area contributed by atoms with Crippen molar-refractivity contribution in [2.75, 3.05) is 25.5 Å². The monoisotopic (exact) mass is 279 g/mol. The minimum atomic E-state index is -0.115. The molecule has 2 aromatic rings. The van der Waals surface area contributed by atoms with Gasteiger partial charge in [-0.2, -0.15) is 0 Å². The van der Waals surface area contributed by atoms with Crippen LogP contribution in [0.4, 0.5) is 9.93 Å². The average molecular weight is 279 g/mol. The highest BCUT2D eigenvalue weighted by Crippen LogP contribution is 2.29. The highest BCUT2D eigenvalue weighted by atomic mass is 32.1. The van der Waals surface area contributed by atoms with Crippen LogP contribution in [0.15, 0.2) is 18.2 Å². The first-order valence-electron chi connectivity index (χ1n) is 6.18. The summed E-state index contributed by atoms with van der Waals surface area (Å²) in [5.41, 5.74) is 0.862. The molecule has 0 atom stereocenters. The quantitative estimate of drug-likeness (QED) is 0.935. The number of ether oxygens (including phenoxy) is 1. The molecule has 0 radical (unpaired) electrons. The minimum absolute atomic E-state index is 0.115. The van der Waals surface area contributed by atoms with Crippen LogP contribution < -0.4 is 10.1 Å². The number of amides is 2. The van der Waals surface area contributed by atoms with Crippen molar-refractivity contribution in [1.82, 2.24) is 9.88 Å². The Hall–Kier alpha value is -1.82. The number of carbonyl (C=O) groups is 1. The van der Waals surface area contributed by atoms with E-state index < -0.39 is 0 Å². The molecular weight excluding hydrogens is 262 g/mol. The van der Waals surface area contributed by atoms with Crippen molar-refractivity contribution < 1.29 is 9.53 Å². The lowest BCUT2D eigenvalue weighted by molar-refractivity contribution is 0.217. The van der Waals surface area contributed by atoms with E-state index in [4.69, 9.17) is 4.74 Å². The number of hydrogen-bond donors (Lipinski definition) is 1. The van der Waals surface area contributed by atoms with Gasteiger partial charge in [0, 0.05) is 13.1 Å². The van der Waals surface area contributed by atoms with Crippen LogP contribution in [0.1, 0.15) is 13.8 Å². The van der Waals surface area contributed by atoms with Gasteiger partial charge >= 0.3 is 6.03 Å². The lowest BCUT2D eigenvalue weighted by Gasteiger charge is -2.17. The second-order valence-corrected chi connectivity index (χ2v) is 4.99. The molecule has 0 aliphatic rings.